The van der Waals surface area contributed by atoms with E-state index in [1.165, 1.54) is 0 Å². The van der Waals surface area contributed by atoms with Gasteiger partial charge in [0.25, 0.3) is 0 Å². The summed E-state index contributed by atoms with van der Waals surface area (Å²) in [6, 6.07) is 7.67. The average Bonchev–Trinajstić information content (AvgIpc) is 2.84. The summed E-state index contributed by atoms with van der Waals surface area (Å²) in [5.74, 6) is 1.77. The Kier molecular flexibility index (Phi) is 6.44. The maximum Gasteiger partial charge on any atom is 0.343 e. The fourth-order valence-electron chi connectivity index (χ4n) is 2.10. The smallest absolute Gasteiger partial charge is 0.343 e. The van der Waals surface area contributed by atoms with Crippen molar-refractivity contribution in [2.75, 3.05) is 20.3 Å². The van der Waals surface area contributed by atoms with Gasteiger partial charge in [0.15, 0.2) is 11.5 Å². The number of benzene rings is 1. The molecule has 1 aliphatic heterocycles. The molecule has 0 saturated carbocycles. The van der Waals surface area contributed by atoms with Crippen LogP contribution in [0.1, 0.15) is 26.3 Å². The molecule has 0 unspecified atom stereocenters. The van der Waals surface area contributed by atoms with Crippen LogP contribution in [-0.4, -0.2) is 26.3 Å². The summed E-state index contributed by atoms with van der Waals surface area (Å²) < 4.78 is 21.7. The highest BCUT2D eigenvalue weighted by Gasteiger charge is 2.28. The second-order valence-corrected chi connectivity index (χ2v) is 5.98. The van der Waals surface area contributed by atoms with Crippen LogP contribution in [0.3, 0.4) is 0 Å². The minimum atomic E-state index is -0.366. The van der Waals surface area contributed by atoms with Gasteiger partial charge in [-0.15, -0.1) is 0 Å². The van der Waals surface area contributed by atoms with Gasteiger partial charge < -0.3 is 18.9 Å². The topological polar surface area (TPSA) is 54.0 Å². The lowest BCUT2D eigenvalue weighted by Gasteiger charge is -2.10. The molecule has 130 valence electrons. The van der Waals surface area contributed by atoms with Gasteiger partial charge in [-0.2, -0.15) is 0 Å². The van der Waals surface area contributed by atoms with Gasteiger partial charge in [0.1, 0.15) is 5.75 Å². The second kappa shape index (κ2) is 8.55. The number of ether oxygens (including phenoxy) is 4. The molecule has 0 N–H and O–H groups in total. The standard InChI is InChI=1S/C19H24O5/c1-13(2)11-23-18-14(3)19(20)24-17(18)9-10-22-12-15-5-7-16(21-4)8-6-15/h5-9,13H,10-12H2,1-4H3/b17-9+. The maximum absolute atomic E-state index is 11.7. The highest BCUT2D eigenvalue weighted by atomic mass is 16.6. The van der Waals surface area contributed by atoms with Crippen LogP contribution in [0.25, 0.3) is 0 Å². The number of carbonyl (C=O) groups excluding carboxylic acids is 1. The van der Waals surface area contributed by atoms with E-state index in [2.05, 4.69) is 13.8 Å². The highest BCUT2D eigenvalue weighted by Crippen LogP contribution is 2.27. The van der Waals surface area contributed by atoms with Crippen molar-refractivity contribution in [2.24, 2.45) is 5.92 Å². The summed E-state index contributed by atoms with van der Waals surface area (Å²) in [6.45, 7) is 7.14. The van der Waals surface area contributed by atoms with Crippen molar-refractivity contribution in [2.45, 2.75) is 27.4 Å². The zero-order valence-electron chi connectivity index (χ0n) is 14.6. The lowest BCUT2D eigenvalue weighted by Crippen LogP contribution is -2.04. The minimum Gasteiger partial charge on any atom is -0.497 e. The molecule has 1 aromatic carbocycles. The Morgan fingerprint density at radius 3 is 2.54 bits per heavy atom. The Hall–Kier alpha value is -2.27. The van der Waals surface area contributed by atoms with Crippen LogP contribution in [0.2, 0.25) is 0 Å². The molecule has 0 saturated heterocycles. The van der Waals surface area contributed by atoms with Crippen molar-refractivity contribution in [1.82, 2.24) is 0 Å². The molecule has 0 bridgehead atoms. The number of hydrogen-bond donors (Lipinski definition) is 0. The Balaban J connectivity index is 1.89. The van der Waals surface area contributed by atoms with E-state index >= 15 is 0 Å². The number of carbonyl (C=O) groups is 1. The Bertz CT molecular complexity index is 626. The first kappa shape index (κ1) is 18.1. The Morgan fingerprint density at radius 2 is 1.92 bits per heavy atom. The monoisotopic (exact) mass is 332 g/mol. The van der Waals surface area contributed by atoms with Gasteiger partial charge in [-0.05, 0) is 36.6 Å². The molecule has 1 aliphatic rings. The van der Waals surface area contributed by atoms with E-state index in [9.17, 15) is 4.79 Å². The third-order valence-electron chi connectivity index (χ3n) is 3.45. The minimum absolute atomic E-state index is 0.330. The van der Waals surface area contributed by atoms with E-state index in [-0.39, 0.29) is 5.97 Å². The van der Waals surface area contributed by atoms with E-state index < -0.39 is 0 Å². The summed E-state index contributed by atoms with van der Waals surface area (Å²) in [5.41, 5.74) is 1.54. The van der Waals surface area contributed by atoms with Gasteiger partial charge in [-0.1, -0.05) is 26.0 Å². The lowest BCUT2D eigenvalue weighted by molar-refractivity contribution is -0.133. The summed E-state index contributed by atoms with van der Waals surface area (Å²) >= 11 is 0. The molecule has 0 radical (unpaired) electrons. The van der Waals surface area contributed by atoms with Crippen LogP contribution in [0.5, 0.6) is 5.75 Å². The van der Waals surface area contributed by atoms with Crippen molar-refractivity contribution < 1.29 is 23.7 Å². The molecule has 0 amide bonds. The third kappa shape index (κ3) is 4.86. The normalized spacial score (nSPS) is 16.0. The number of hydrogen-bond acceptors (Lipinski definition) is 5. The largest absolute Gasteiger partial charge is 0.497 e. The highest BCUT2D eigenvalue weighted by molar-refractivity contribution is 5.93. The van der Waals surface area contributed by atoms with Gasteiger partial charge in [0.05, 0.1) is 32.5 Å². The van der Waals surface area contributed by atoms with E-state index in [1.807, 2.05) is 24.3 Å². The van der Waals surface area contributed by atoms with Crippen LogP contribution >= 0.6 is 0 Å². The fourth-order valence-corrected chi connectivity index (χ4v) is 2.10. The molecule has 0 spiro atoms. The zero-order chi connectivity index (χ0) is 17.5. The molecule has 1 heterocycles. The molecule has 0 fully saturated rings. The van der Waals surface area contributed by atoms with Crippen LogP contribution in [0.4, 0.5) is 0 Å². The molecular formula is C19H24O5. The van der Waals surface area contributed by atoms with Gasteiger partial charge in [0, 0.05) is 0 Å². The Morgan fingerprint density at radius 1 is 1.21 bits per heavy atom. The quantitative estimate of drug-likeness (QED) is 0.538. The number of cyclic esters (lactones) is 1. The molecule has 0 aliphatic carbocycles. The predicted octanol–water partition coefficient (Wildman–Crippen LogP) is 3.60. The van der Waals surface area contributed by atoms with Crippen LogP contribution in [0, 0.1) is 5.92 Å². The molecule has 5 heteroatoms. The maximum atomic E-state index is 11.7. The average molecular weight is 332 g/mol. The van der Waals surface area contributed by atoms with E-state index in [1.54, 1.807) is 20.1 Å². The van der Waals surface area contributed by atoms with Gasteiger partial charge in [-0.25, -0.2) is 4.79 Å². The summed E-state index contributed by atoms with van der Waals surface area (Å²) in [7, 11) is 1.63. The molecule has 5 nitrogen and oxygen atoms in total. The number of rotatable bonds is 8. The first-order valence-electron chi connectivity index (χ1n) is 7.98. The summed E-state index contributed by atoms with van der Waals surface area (Å²) in [6.07, 6.45) is 1.73. The van der Waals surface area contributed by atoms with Crippen LogP contribution in [0.15, 0.2) is 47.4 Å². The molecule has 24 heavy (non-hydrogen) atoms. The lowest BCUT2D eigenvalue weighted by atomic mass is 10.2. The Labute approximate surface area is 142 Å². The second-order valence-electron chi connectivity index (χ2n) is 5.98. The fraction of sp³-hybridized carbons (Fsp3) is 0.421. The van der Waals surface area contributed by atoms with Crippen LogP contribution in [-0.2, 0) is 25.6 Å². The summed E-state index contributed by atoms with van der Waals surface area (Å²) in [4.78, 5) is 11.7. The van der Waals surface area contributed by atoms with Crippen molar-refractivity contribution in [3.8, 4) is 5.75 Å². The van der Waals surface area contributed by atoms with Crippen molar-refractivity contribution >= 4 is 5.97 Å². The number of methoxy groups -OCH3 is 1. The van der Waals surface area contributed by atoms with Crippen molar-refractivity contribution in [3.63, 3.8) is 0 Å². The molecule has 0 atom stereocenters. The molecule has 2 rings (SSSR count). The zero-order valence-corrected chi connectivity index (χ0v) is 14.6. The predicted molar refractivity (Wildman–Crippen MR) is 90.3 cm³/mol. The third-order valence-corrected chi connectivity index (χ3v) is 3.45. The summed E-state index contributed by atoms with van der Waals surface area (Å²) in [5, 5.41) is 0. The van der Waals surface area contributed by atoms with E-state index in [0.717, 1.165) is 11.3 Å². The molecular weight excluding hydrogens is 308 g/mol. The number of esters is 1. The first-order chi connectivity index (χ1) is 11.5. The van der Waals surface area contributed by atoms with Gasteiger partial charge in [-0.3, -0.25) is 0 Å². The van der Waals surface area contributed by atoms with E-state index in [4.69, 9.17) is 18.9 Å². The molecule has 0 aromatic heterocycles. The van der Waals surface area contributed by atoms with Crippen molar-refractivity contribution in [3.05, 3.63) is 53.0 Å². The van der Waals surface area contributed by atoms with Gasteiger partial charge in [0.2, 0.25) is 0 Å². The first-order valence-corrected chi connectivity index (χ1v) is 7.98. The van der Waals surface area contributed by atoms with E-state index in [0.29, 0.717) is 42.8 Å². The SMILES string of the molecule is COc1ccc(COC/C=C2/OC(=O)C(C)=C2OCC(C)C)cc1. The van der Waals surface area contributed by atoms with Crippen molar-refractivity contribution in [1.29, 1.82) is 0 Å². The van der Waals surface area contributed by atoms with Gasteiger partial charge >= 0.3 is 5.97 Å². The van der Waals surface area contributed by atoms with Crippen LogP contribution < -0.4 is 4.74 Å². The molecule has 1 aromatic rings.